The van der Waals surface area contributed by atoms with Gasteiger partial charge in [-0.25, -0.2) is 8.78 Å². The summed E-state index contributed by atoms with van der Waals surface area (Å²) in [6.07, 6.45) is -2.64. The van der Waals surface area contributed by atoms with E-state index in [0.29, 0.717) is 13.2 Å². The van der Waals surface area contributed by atoms with Crippen LogP contribution < -0.4 is 0 Å². The van der Waals surface area contributed by atoms with Gasteiger partial charge in [0.05, 0.1) is 25.7 Å². The maximum absolute atomic E-state index is 12.4. The van der Waals surface area contributed by atoms with Gasteiger partial charge in [-0.15, -0.1) is 0 Å². The highest BCUT2D eigenvalue weighted by atomic mass is 19.3. The van der Waals surface area contributed by atoms with E-state index in [1.54, 1.807) is 0 Å². The number of alkyl halides is 2. The van der Waals surface area contributed by atoms with Gasteiger partial charge >= 0.3 is 0 Å². The molecule has 0 bridgehead atoms. The van der Waals surface area contributed by atoms with Crippen molar-refractivity contribution in [1.82, 2.24) is 9.80 Å². The lowest BCUT2D eigenvalue weighted by Gasteiger charge is -2.24. The van der Waals surface area contributed by atoms with Crippen molar-refractivity contribution in [2.75, 3.05) is 46.5 Å². The largest absolute Gasteiger partial charge is 0.395 e. The Labute approximate surface area is 116 Å². The second-order valence-electron chi connectivity index (χ2n) is 4.63. The molecule has 0 aliphatic carbocycles. The van der Waals surface area contributed by atoms with Crippen molar-refractivity contribution >= 4 is 11.8 Å². The molecule has 1 fully saturated rings. The number of nitrogens with zero attached hydrogens (tertiary/aromatic N) is 2. The van der Waals surface area contributed by atoms with Crippen molar-refractivity contribution in [1.29, 1.82) is 0 Å². The highest BCUT2D eigenvalue weighted by molar-refractivity contribution is 5.89. The molecule has 1 saturated heterocycles. The average Bonchev–Trinajstić information content (AvgIpc) is 2.76. The normalized spacial score (nSPS) is 18.9. The van der Waals surface area contributed by atoms with Crippen molar-refractivity contribution in [2.24, 2.45) is 5.92 Å². The van der Waals surface area contributed by atoms with Gasteiger partial charge in [0.25, 0.3) is 6.43 Å². The quantitative estimate of drug-likeness (QED) is 0.659. The van der Waals surface area contributed by atoms with Crippen LogP contribution in [0, 0.1) is 5.92 Å². The number of carbonyl (C=O) groups excluding carboxylic acids is 2. The number of hydrogen-bond acceptors (Lipinski definition) is 4. The van der Waals surface area contributed by atoms with Crippen LogP contribution in [0.1, 0.15) is 6.42 Å². The molecule has 1 aliphatic heterocycles. The van der Waals surface area contributed by atoms with E-state index in [4.69, 9.17) is 9.84 Å². The number of ether oxygens (including phenoxy) is 1. The van der Waals surface area contributed by atoms with E-state index in [-0.39, 0.29) is 32.0 Å². The lowest BCUT2D eigenvalue weighted by molar-refractivity contribution is -0.138. The van der Waals surface area contributed by atoms with E-state index >= 15 is 0 Å². The third-order valence-corrected chi connectivity index (χ3v) is 3.17. The van der Waals surface area contributed by atoms with Gasteiger partial charge in [-0.05, 0) is 0 Å². The smallest absolute Gasteiger partial charge is 0.255 e. The fourth-order valence-corrected chi connectivity index (χ4v) is 2.19. The highest BCUT2D eigenvalue weighted by Gasteiger charge is 2.36. The van der Waals surface area contributed by atoms with Gasteiger partial charge in [0, 0.05) is 33.2 Å². The van der Waals surface area contributed by atoms with E-state index in [1.165, 1.54) is 12.0 Å². The predicted molar refractivity (Wildman–Crippen MR) is 66.2 cm³/mol. The Balaban J connectivity index is 2.59. The summed E-state index contributed by atoms with van der Waals surface area (Å²) in [5.41, 5.74) is 0. The van der Waals surface area contributed by atoms with Crippen LogP contribution in [0.2, 0.25) is 0 Å². The van der Waals surface area contributed by atoms with Gasteiger partial charge in [0.15, 0.2) is 0 Å². The third-order valence-electron chi connectivity index (χ3n) is 3.17. The summed E-state index contributed by atoms with van der Waals surface area (Å²) in [6.45, 7) is -0.287. The lowest BCUT2D eigenvalue weighted by Crippen LogP contribution is -2.42. The van der Waals surface area contributed by atoms with Gasteiger partial charge in [-0.3, -0.25) is 9.59 Å². The first-order chi connectivity index (χ1) is 9.49. The molecule has 1 unspecified atom stereocenters. The molecule has 6 nitrogen and oxygen atoms in total. The lowest BCUT2D eigenvalue weighted by atomic mass is 10.1. The fourth-order valence-electron chi connectivity index (χ4n) is 2.19. The Morgan fingerprint density at radius 1 is 1.60 bits per heavy atom. The number of hydrogen-bond donors (Lipinski definition) is 1. The SMILES string of the molecule is COCCN1CC(C(=O)N(CCO)CC(F)F)CC1=O. The van der Waals surface area contributed by atoms with Crippen LogP contribution in [0.4, 0.5) is 8.78 Å². The molecule has 0 aromatic rings. The van der Waals surface area contributed by atoms with Crippen LogP contribution in [0.25, 0.3) is 0 Å². The van der Waals surface area contributed by atoms with Crippen LogP contribution >= 0.6 is 0 Å². The van der Waals surface area contributed by atoms with Gasteiger partial charge in [-0.2, -0.15) is 0 Å². The number of likely N-dealkylation sites (tertiary alicyclic amines) is 1. The topological polar surface area (TPSA) is 70.1 Å². The maximum Gasteiger partial charge on any atom is 0.255 e. The minimum atomic E-state index is -2.66. The number of methoxy groups -OCH3 is 1. The zero-order valence-corrected chi connectivity index (χ0v) is 11.4. The third kappa shape index (κ3) is 4.68. The molecular weight excluding hydrogens is 274 g/mol. The maximum atomic E-state index is 12.4. The summed E-state index contributed by atoms with van der Waals surface area (Å²) in [4.78, 5) is 26.2. The van der Waals surface area contributed by atoms with E-state index in [0.717, 1.165) is 4.90 Å². The van der Waals surface area contributed by atoms with Gasteiger partial charge in [0.1, 0.15) is 0 Å². The number of aliphatic hydroxyl groups excluding tert-OH is 1. The summed E-state index contributed by atoms with van der Waals surface area (Å²) < 4.78 is 29.7. The van der Waals surface area contributed by atoms with Gasteiger partial charge in [0.2, 0.25) is 11.8 Å². The molecule has 0 saturated carbocycles. The zero-order valence-electron chi connectivity index (χ0n) is 11.4. The number of rotatable bonds is 8. The average molecular weight is 294 g/mol. The molecule has 8 heteroatoms. The molecule has 1 heterocycles. The number of carbonyl (C=O) groups is 2. The second kappa shape index (κ2) is 8.11. The van der Waals surface area contributed by atoms with Crippen LogP contribution in [0.3, 0.4) is 0 Å². The van der Waals surface area contributed by atoms with Crippen molar-refractivity contribution in [3.05, 3.63) is 0 Å². The molecule has 116 valence electrons. The molecule has 20 heavy (non-hydrogen) atoms. The minimum absolute atomic E-state index is 0.0215. The Hall–Kier alpha value is -1.28. The Morgan fingerprint density at radius 3 is 2.85 bits per heavy atom. The molecular formula is C12H20F2N2O4. The van der Waals surface area contributed by atoms with E-state index in [1.807, 2.05) is 0 Å². The second-order valence-corrected chi connectivity index (χ2v) is 4.63. The summed E-state index contributed by atoms with van der Waals surface area (Å²) in [7, 11) is 1.51. The van der Waals surface area contributed by atoms with E-state index in [2.05, 4.69) is 0 Å². The standard InChI is InChI=1S/C12H20F2N2O4/c1-20-5-3-15-7-9(6-11(15)18)12(19)16(2-4-17)8-10(13)14/h9-10,17H,2-8H2,1H3. The number of aliphatic hydroxyl groups is 1. The van der Waals surface area contributed by atoms with E-state index in [9.17, 15) is 18.4 Å². The predicted octanol–water partition coefficient (Wildman–Crippen LogP) is -0.433. The fraction of sp³-hybridized carbons (Fsp3) is 0.833. The van der Waals surface area contributed by atoms with Crippen LogP contribution in [-0.2, 0) is 14.3 Å². The number of halogens is 2. The van der Waals surface area contributed by atoms with Crippen molar-refractivity contribution in [3.8, 4) is 0 Å². The molecule has 1 aliphatic rings. The Kier molecular flexibility index (Phi) is 6.80. The minimum Gasteiger partial charge on any atom is -0.395 e. The molecule has 0 aromatic carbocycles. The first-order valence-electron chi connectivity index (χ1n) is 6.44. The molecule has 0 spiro atoms. The van der Waals surface area contributed by atoms with Crippen LogP contribution in [-0.4, -0.2) is 79.6 Å². The van der Waals surface area contributed by atoms with Gasteiger partial charge < -0.3 is 19.6 Å². The monoisotopic (exact) mass is 294 g/mol. The summed E-state index contributed by atoms with van der Waals surface area (Å²) >= 11 is 0. The Morgan fingerprint density at radius 2 is 2.30 bits per heavy atom. The van der Waals surface area contributed by atoms with Crippen molar-refractivity contribution in [3.63, 3.8) is 0 Å². The summed E-state index contributed by atoms with van der Waals surface area (Å²) in [5, 5.41) is 8.83. The van der Waals surface area contributed by atoms with Crippen LogP contribution in [0.5, 0.6) is 0 Å². The van der Waals surface area contributed by atoms with E-state index < -0.39 is 24.8 Å². The first-order valence-corrected chi connectivity index (χ1v) is 6.44. The Bertz CT molecular complexity index is 341. The number of amides is 2. The molecule has 1 N–H and O–H groups in total. The molecule has 0 radical (unpaired) electrons. The van der Waals surface area contributed by atoms with Crippen LogP contribution in [0.15, 0.2) is 0 Å². The van der Waals surface area contributed by atoms with Crippen molar-refractivity contribution < 1.29 is 28.2 Å². The van der Waals surface area contributed by atoms with Crippen molar-refractivity contribution in [2.45, 2.75) is 12.8 Å². The first kappa shape index (κ1) is 16.8. The molecule has 2 amide bonds. The molecule has 1 rings (SSSR count). The zero-order chi connectivity index (χ0) is 15.1. The highest BCUT2D eigenvalue weighted by Crippen LogP contribution is 2.20. The molecule has 0 aromatic heterocycles. The summed E-state index contributed by atoms with van der Waals surface area (Å²) in [5.74, 6) is -1.31. The summed E-state index contributed by atoms with van der Waals surface area (Å²) in [6, 6.07) is 0. The molecule has 1 atom stereocenters. The van der Waals surface area contributed by atoms with Gasteiger partial charge in [-0.1, -0.05) is 0 Å².